The average molecular weight is 365 g/mol. The van der Waals surface area contributed by atoms with Crippen LogP contribution in [0.25, 0.3) is 0 Å². The van der Waals surface area contributed by atoms with Crippen molar-refractivity contribution in [2.75, 3.05) is 0 Å². The molecule has 124 valence electrons. The molecule has 9 heteroatoms. The van der Waals surface area contributed by atoms with Crippen molar-refractivity contribution in [3.8, 4) is 0 Å². The topological polar surface area (TPSA) is 106 Å². The molecule has 7 nitrogen and oxygen atoms in total. The molecule has 0 unspecified atom stereocenters. The van der Waals surface area contributed by atoms with E-state index in [1.807, 2.05) is 0 Å². The van der Waals surface area contributed by atoms with Crippen LogP contribution >= 0.6 is 0 Å². The maximum absolute atomic E-state index is 12.5. The van der Waals surface area contributed by atoms with E-state index in [9.17, 15) is 26.4 Å². The summed E-state index contributed by atoms with van der Waals surface area (Å²) in [5.41, 5.74) is 0.433. The third kappa shape index (κ3) is 2.16. The van der Waals surface area contributed by atoms with Crippen molar-refractivity contribution in [1.29, 1.82) is 0 Å². The predicted octanol–water partition coefficient (Wildman–Crippen LogP) is 1.31. The molecule has 0 atom stereocenters. The van der Waals surface area contributed by atoms with Gasteiger partial charge in [-0.2, -0.15) is 12.7 Å². The van der Waals surface area contributed by atoms with Crippen LogP contribution in [0.2, 0.25) is 0 Å². The molecular weight excluding hydrogens is 354 g/mol. The third-order valence-electron chi connectivity index (χ3n) is 3.57. The van der Waals surface area contributed by atoms with Crippen LogP contribution in [0, 0.1) is 6.92 Å². The molecule has 2 aromatic rings. The number of nitrogens with zero attached hydrogens (tertiary/aromatic N) is 1. The molecule has 3 rings (SSSR count). The van der Waals surface area contributed by atoms with E-state index in [4.69, 9.17) is 0 Å². The number of aryl methyl sites for hydroxylation is 1. The van der Waals surface area contributed by atoms with Crippen molar-refractivity contribution < 1.29 is 26.4 Å². The number of hydrogen-bond donors (Lipinski definition) is 0. The number of hydrogen-bond acceptors (Lipinski definition) is 6. The second-order valence-electron chi connectivity index (χ2n) is 5.15. The van der Waals surface area contributed by atoms with E-state index in [2.05, 4.69) is 0 Å². The van der Waals surface area contributed by atoms with Crippen LogP contribution in [0.5, 0.6) is 0 Å². The third-order valence-corrected chi connectivity index (χ3v) is 8.44. The van der Waals surface area contributed by atoms with E-state index in [0.717, 1.165) is 17.7 Å². The van der Waals surface area contributed by atoms with E-state index in [1.54, 1.807) is 6.92 Å². The van der Waals surface area contributed by atoms with E-state index in [1.165, 1.54) is 36.4 Å². The number of rotatable bonds is 3. The van der Waals surface area contributed by atoms with Crippen molar-refractivity contribution in [1.82, 2.24) is 4.31 Å². The van der Waals surface area contributed by atoms with Crippen LogP contribution < -0.4 is 0 Å². The van der Waals surface area contributed by atoms with Crippen molar-refractivity contribution in [3.63, 3.8) is 0 Å². The molecule has 1 heterocycles. The fraction of sp³-hybridized carbons (Fsp3) is 0.0667. The molecule has 0 saturated heterocycles. The van der Waals surface area contributed by atoms with Gasteiger partial charge in [-0.25, -0.2) is 8.42 Å². The summed E-state index contributed by atoms with van der Waals surface area (Å²) in [6.07, 6.45) is 0. The number of fused-ring (bicyclic) bond motifs is 1. The molecule has 0 radical (unpaired) electrons. The lowest BCUT2D eigenvalue weighted by Gasteiger charge is -2.14. The van der Waals surface area contributed by atoms with E-state index in [0.29, 0.717) is 0 Å². The molecule has 24 heavy (non-hydrogen) atoms. The van der Waals surface area contributed by atoms with Crippen LogP contribution in [-0.2, 0) is 17.9 Å². The summed E-state index contributed by atoms with van der Waals surface area (Å²) in [5.74, 6) is -2.35. The Labute approximate surface area is 137 Å². The van der Waals surface area contributed by atoms with Crippen molar-refractivity contribution in [2.24, 2.45) is 0 Å². The predicted molar refractivity (Wildman–Crippen MR) is 84.2 cm³/mol. The number of imide groups is 1. The van der Waals surface area contributed by atoms with Crippen LogP contribution in [0.3, 0.4) is 0 Å². The SMILES string of the molecule is Cc1ccc(S(=O)(=O)S(=O)(=O)N2C(=O)c3ccccc3C2=O)cc1. The molecule has 1 aliphatic rings. The first-order chi connectivity index (χ1) is 11.2. The Morgan fingerprint density at radius 2 is 1.21 bits per heavy atom. The van der Waals surface area contributed by atoms with Gasteiger partial charge in [0.25, 0.3) is 11.8 Å². The Morgan fingerprint density at radius 1 is 0.750 bits per heavy atom. The molecule has 0 N–H and O–H groups in total. The van der Waals surface area contributed by atoms with Crippen LogP contribution in [-0.4, -0.2) is 33.0 Å². The normalized spacial score (nSPS) is 14.8. The molecule has 0 aliphatic carbocycles. The smallest absolute Gasteiger partial charge is 0.267 e. The highest BCUT2D eigenvalue weighted by Crippen LogP contribution is 2.30. The van der Waals surface area contributed by atoms with Crippen molar-refractivity contribution in [2.45, 2.75) is 11.8 Å². The second-order valence-corrected chi connectivity index (χ2v) is 10.3. The number of amides is 2. The lowest BCUT2D eigenvalue weighted by molar-refractivity contribution is 0.0767. The van der Waals surface area contributed by atoms with Crippen LogP contribution in [0.1, 0.15) is 26.3 Å². The van der Waals surface area contributed by atoms with Gasteiger partial charge in [-0.05, 0) is 31.2 Å². The Balaban J connectivity index is 2.14. The van der Waals surface area contributed by atoms with Gasteiger partial charge < -0.3 is 0 Å². The summed E-state index contributed by atoms with van der Waals surface area (Å²) in [6, 6.07) is 10.5. The van der Waals surface area contributed by atoms with Crippen LogP contribution in [0.15, 0.2) is 53.4 Å². The largest absolute Gasteiger partial charge is 0.355 e. The van der Waals surface area contributed by atoms with E-state index < -0.39 is 34.6 Å². The van der Waals surface area contributed by atoms with E-state index in [-0.39, 0.29) is 15.4 Å². The first-order valence-electron chi connectivity index (χ1n) is 6.72. The zero-order chi connectivity index (χ0) is 17.7. The minimum absolute atomic E-state index is 0.148. The van der Waals surface area contributed by atoms with E-state index >= 15 is 0 Å². The highest BCUT2D eigenvalue weighted by molar-refractivity contribution is 8.66. The minimum Gasteiger partial charge on any atom is -0.267 e. The van der Waals surface area contributed by atoms with Gasteiger partial charge in [-0.15, -0.1) is 0 Å². The minimum atomic E-state index is -5.26. The number of carbonyl (C=O) groups is 2. The Bertz CT molecular complexity index is 1030. The van der Waals surface area contributed by atoms with Gasteiger partial charge in [-0.3, -0.25) is 9.59 Å². The standard InChI is InChI=1S/C15H11NO6S2/c1-10-6-8-11(9-7-10)23(19,20)24(21,22)16-14(17)12-4-2-3-5-13(12)15(16)18/h2-9H,1H3. The summed E-state index contributed by atoms with van der Waals surface area (Å²) in [5, 5.41) is 0. The molecular formula is C15H11NO6S2. The number of carbonyl (C=O) groups excluding carboxylic acids is 2. The summed E-state index contributed by atoms with van der Waals surface area (Å²) in [4.78, 5) is 24.0. The number of benzene rings is 2. The maximum atomic E-state index is 12.5. The Kier molecular flexibility index (Phi) is 3.57. The first kappa shape index (κ1) is 16.3. The second kappa shape index (κ2) is 5.25. The van der Waals surface area contributed by atoms with Gasteiger partial charge in [0.15, 0.2) is 0 Å². The van der Waals surface area contributed by atoms with Crippen molar-refractivity contribution in [3.05, 3.63) is 65.2 Å². The highest BCUT2D eigenvalue weighted by Gasteiger charge is 2.49. The molecule has 2 amide bonds. The Morgan fingerprint density at radius 3 is 1.67 bits per heavy atom. The van der Waals surface area contributed by atoms with Gasteiger partial charge in [0.1, 0.15) is 0 Å². The molecule has 0 fully saturated rings. The quantitative estimate of drug-likeness (QED) is 0.600. The average Bonchev–Trinajstić information content (AvgIpc) is 2.80. The van der Waals surface area contributed by atoms with Gasteiger partial charge in [0.2, 0.25) is 0 Å². The summed E-state index contributed by atoms with van der Waals surface area (Å²) in [6.45, 7) is 1.70. The molecule has 2 aromatic carbocycles. The molecule has 0 bridgehead atoms. The lowest BCUT2D eigenvalue weighted by Crippen LogP contribution is -2.40. The summed E-state index contributed by atoms with van der Waals surface area (Å²) in [7, 11) is -10.2. The highest BCUT2D eigenvalue weighted by atomic mass is 33.2. The monoisotopic (exact) mass is 365 g/mol. The summed E-state index contributed by atoms with van der Waals surface area (Å²) >= 11 is 0. The van der Waals surface area contributed by atoms with Crippen molar-refractivity contribution >= 4 is 29.7 Å². The van der Waals surface area contributed by atoms with Gasteiger partial charge in [0.05, 0.1) is 16.0 Å². The lowest BCUT2D eigenvalue weighted by atomic mass is 10.1. The van der Waals surface area contributed by atoms with Gasteiger partial charge in [-0.1, -0.05) is 29.8 Å². The first-order valence-corrected chi connectivity index (χ1v) is 10.2. The molecule has 0 saturated carbocycles. The fourth-order valence-electron chi connectivity index (χ4n) is 2.29. The summed E-state index contributed by atoms with van der Waals surface area (Å²) < 4.78 is 49.8. The zero-order valence-electron chi connectivity index (χ0n) is 12.3. The Hall–Kier alpha value is -2.52. The van der Waals surface area contributed by atoms with Crippen LogP contribution in [0.4, 0.5) is 0 Å². The molecule has 1 aliphatic heterocycles. The van der Waals surface area contributed by atoms with Gasteiger partial charge in [0, 0.05) is 0 Å². The molecule has 0 spiro atoms. The van der Waals surface area contributed by atoms with Gasteiger partial charge >= 0.3 is 17.9 Å². The zero-order valence-corrected chi connectivity index (χ0v) is 14.0. The maximum Gasteiger partial charge on any atom is 0.355 e. The molecule has 0 aromatic heterocycles. The fourth-order valence-corrected chi connectivity index (χ4v) is 5.86.